The molecule has 0 bridgehead atoms. The molecule has 0 aliphatic carbocycles. The molecule has 1 aromatic heterocycles. The van der Waals surface area contributed by atoms with E-state index in [-0.39, 0.29) is 15.6 Å². The Morgan fingerprint density at radius 3 is 2.52 bits per heavy atom. The van der Waals surface area contributed by atoms with Crippen LogP contribution in [-0.4, -0.2) is 23.3 Å². The van der Waals surface area contributed by atoms with E-state index in [2.05, 4.69) is 20.5 Å². The van der Waals surface area contributed by atoms with Gasteiger partial charge in [0, 0.05) is 6.07 Å². The van der Waals surface area contributed by atoms with E-state index in [9.17, 15) is 4.39 Å². The maximum absolute atomic E-state index is 13.1. The Labute approximate surface area is 134 Å². The average Bonchev–Trinajstić information content (AvgIpc) is 2.42. The minimum Gasteiger partial charge on any atom is -0.494 e. The lowest BCUT2D eigenvalue weighted by molar-refractivity contribution is 0.413. The fourth-order valence-electron chi connectivity index (χ4n) is 1.42. The SMILES string of the molecule is COc1cc(F)ccc1N/N=C\c1c(Cl)nc(Cl)nc1Cl. The Balaban J connectivity index is 2.20. The minimum atomic E-state index is -0.418. The van der Waals surface area contributed by atoms with E-state index in [1.807, 2.05) is 0 Å². The van der Waals surface area contributed by atoms with Crippen molar-refractivity contribution in [3.8, 4) is 5.75 Å². The van der Waals surface area contributed by atoms with Crippen molar-refractivity contribution in [2.75, 3.05) is 12.5 Å². The number of halogens is 4. The first-order chi connectivity index (χ1) is 10.0. The summed E-state index contributed by atoms with van der Waals surface area (Å²) in [7, 11) is 1.42. The quantitative estimate of drug-likeness (QED) is 0.392. The van der Waals surface area contributed by atoms with Crippen molar-refractivity contribution in [3.05, 3.63) is 45.2 Å². The summed E-state index contributed by atoms with van der Waals surface area (Å²) in [4.78, 5) is 7.49. The van der Waals surface area contributed by atoms with Gasteiger partial charge in [-0.2, -0.15) is 5.10 Å². The number of hydrazone groups is 1. The molecule has 0 radical (unpaired) electrons. The normalized spacial score (nSPS) is 10.9. The van der Waals surface area contributed by atoms with Gasteiger partial charge in [-0.1, -0.05) is 23.2 Å². The minimum absolute atomic E-state index is 0.0599. The number of nitrogens with one attached hydrogen (secondary N) is 1. The first-order valence-electron chi connectivity index (χ1n) is 5.52. The Bertz CT molecular complexity index is 673. The summed E-state index contributed by atoms with van der Waals surface area (Å²) in [5.41, 5.74) is 3.45. The number of aromatic nitrogens is 2. The molecule has 0 spiro atoms. The van der Waals surface area contributed by atoms with Gasteiger partial charge in [0.1, 0.15) is 21.9 Å². The highest BCUT2D eigenvalue weighted by molar-refractivity contribution is 6.38. The molecule has 110 valence electrons. The lowest BCUT2D eigenvalue weighted by atomic mass is 10.3. The third kappa shape index (κ3) is 3.93. The predicted molar refractivity (Wildman–Crippen MR) is 81.2 cm³/mol. The van der Waals surface area contributed by atoms with E-state index in [4.69, 9.17) is 39.5 Å². The maximum Gasteiger partial charge on any atom is 0.225 e. The topological polar surface area (TPSA) is 59.4 Å². The summed E-state index contributed by atoms with van der Waals surface area (Å²) in [6, 6.07) is 3.97. The molecule has 0 aliphatic heterocycles. The van der Waals surface area contributed by atoms with E-state index < -0.39 is 5.82 Å². The fraction of sp³-hybridized carbons (Fsp3) is 0.0833. The van der Waals surface area contributed by atoms with Gasteiger partial charge >= 0.3 is 0 Å². The van der Waals surface area contributed by atoms with Crippen LogP contribution in [0.1, 0.15) is 5.56 Å². The van der Waals surface area contributed by atoms with Crippen LogP contribution in [0.25, 0.3) is 0 Å². The average molecular weight is 350 g/mol. The van der Waals surface area contributed by atoms with Crippen molar-refractivity contribution in [3.63, 3.8) is 0 Å². The highest BCUT2D eigenvalue weighted by Gasteiger charge is 2.09. The monoisotopic (exact) mass is 348 g/mol. The second-order valence-corrected chi connectivity index (χ2v) is 4.76. The molecule has 2 rings (SSSR count). The molecule has 0 unspecified atom stereocenters. The zero-order valence-electron chi connectivity index (χ0n) is 10.6. The Kier molecular flexibility index (Phi) is 5.17. The lowest BCUT2D eigenvalue weighted by Gasteiger charge is -2.07. The van der Waals surface area contributed by atoms with Crippen molar-refractivity contribution in [2.24, 2.45) is 5.10 Å². The van der Waals surface area contributed by atoms with Gasteiger partial charge in [0.15, 0.2) is 0 Å². The first-order valence-corrected chi connectivity index (χ1v) is 6.66. The Morgan fingerprint density at radius 1 is 1.24 bits per heavy atom. The number of anilines is 1. The van der Waals surface area contributed by atoms with Gasteiger partial charge in [0.05, 0.1) is 24.6 Å². The van der Waals surface area contributed by atoms with Gasteiger partial charge in [0.2, 0.25) is 5.28 Å². The lowest BCUT2D eigenvalue weighted by Crippen LogP contribution is -1.98. The van der Waals surface area contributed by atoms with Gasteiger partial charge in [0.25, 0.3) is 0 Å². The molecule has 1 N–H and O–H groups in total. The third-order valence-corrected chi connectivity index (χ3v) is 3.11. The number of hydrogen-bond acceptors (Lipinski definition) is 5. The van der Waals surface area contributed by atoms with E-state index in [0.717, 1.165) is 0 Å². The van der Waals surface area contributed by atoms with Crippen LogP contribution >= 0.6 is 34.8 Å². The van der Waals surface area contributed by atoms with Crippen LogP contribution in [0.4, 0.5) is 10.1 Å². The van der Waals surface area contributed by atoms with Gasteiger partial charge in [-0.05, 0) is 23.7 Å². The molecule has 1 heterocycles. The smallest absolute Gasteiger partial charge is 0.225 e. The molecule has 21 heavy (non-hydrogen) atoms. The van der Waals surface area contributed by atoms with Crippen LogP contribution in [-0.2, 0) is 0 Å². The molecule has 0 aliphatic rings. The second kappa shape index (κ2) is 6.89. The molecule has 0 saturated carbocycles. The molecule has 0 fully saturated rings. The second-order valence-electron chi connectivity index (χ2n) is 3.70. The van der Waals surface area contributed by atoms with E-state index >= 15 is 0 Å². The zero-order chi connectivity index (χ0) is 15.4. The summed E-state index contributed by atoms with van der Waals surface area (Å²) < 4.78 is 18.1. The van der Waals surface area contributed by atoms with Crippen molar-refractivity contribution < 1.29 is 9.13 Å². The summed E-state index contributed by atoms with van der Waals surface area (Å²) >= 11 is 17.4. The number of benzene rings is 1. The van der Waals surface area contributed by atoms with Crippen molar-refractivity contribution in [1.82, 2.24) is 9.97 Å². The number of methoxy groups -OCH3 is 1. The van der Waals surface area contributed by atoms with Crippen LogP contribution in [0.2, 0.25) is 15.6 Å². The van der Waals surface area contributed by atoms with Crippen molar-refractivity contribution >= 4 is 46.7 Å². The fourth-order valence-corrected chi connectivity index (χ4v) is 2.16. The van der Waals surface area contributed by atoms with Crippen LogP contribution in [0, 0.1) is 5.82 Å². The van der Waals surface area contributed by atoms with Crippen molar-refractivity contribution in [1.29, 1.82) is 0 Å². The maximum atomic E-state index is 13.1. The van der Waals surface area contributed by atoms with E-state index in [1.165, 1.54) is 31.5 Å². The highest BCUT2D eigenvalue weighted by Crippen LogP contribution is 2.25. The largest absolute Gasteiger partial charge is 0.494 e. The molecule has 5 nitrogen and oxygen atoms in total. The molecular formula is C12H8Cl3FN4O. The Hall–Kier alpha value is -1.63. The number of nitrogens with zero attached hydrogens (tertiary/aromatic N) is 3. The molecule has 9 heteroatoms. The van der Waals surface area contributed by atoms with Crippen LogP contribution in [0.15, 0.2) is 23.3 Å². The van der Waals surface area contributed by atoms with Gasteiger partial charge < -0.3 is 4.74 Å². The van der Waals surface area contributed by atoms with Gasteiger partial charge in [-0.25, -0.2) is 14.4 Å². The number of rotatable bonds is 4. The van der Waals surface area contributed by atoms with Crippen molar-refractivity contribution in [2.45, 2.75) is 0 Å². The number of ether oxygens (including phenoxy) is 1. The third-order valence-electron chi connectivity index (χ3n) is 2.37. The van der Waals surface area contributed by atoms with Gasteiger partial charge in [-0.15, -0.1) is 0 Å². The molecule has 0 atom stereocenters. The first kappa shape index (κ1) is 15.8. The van der Waals surface area contributed by atoms with E-state index in [1.54, 1.807) is 0 Å². The molecule has 1 aromatic carbocycles. The van der Waals surface area contributed by atoms with Crippen LogP contribution in [0.5, 0.6) is 5.75 Å². The summed E-state index contributed by atoms with van der Waals surface area (Å²) in [6.07, 6.45) is 1.32. The standard InChI is InChI=1S/C12H8Cl3FN4O/c1-21-9-4-6(16)2-3-8(9)20-17-5-7-10(13)18-12(15)19-11(7)14/h2-5,20H,1H3/b17-5-. The molecule has 2 aromatic rings. The molecular weight excluding hydrogens is 342 g/mol. The predicted octanol–water partition coefficient (Wildman–Crippen LogP) is 4.03. The highest BCUT2D eigenvalue weighted by atomic mass is 35.5. The molecule has 0 saturated heterocycles. The summed E-state index contributed by atoms with van der Waals surface area (Å²) in [5.74, 6) is -0.115. The number of hydrogen-bond donors (Lipinski definition) is 1. The Morgan fingerprint density at radius 2 is 1.90 bits per heavy atom. The zero-order valence-corrected chi connectivity index (χ0v) is 12.8. The van der Waals surface area contributed by atoms with Crippen LogP contribution in [0.3, 0.4) is 0 Å². The van der Waals surface area contributed by atoms with Crippen LogP contribution < -0.4 is 10.2 Å². The van der Waals surface area contributed by atoms with E-state index in [0.29, 0.717) is 17.0 Å². The summed E-state index contributed by atoms with van der Waals surface area (Å²) in [5, 5.41) is 4.00. The van der Waals surface area contributed by atoms with Gasteiger partial charge in [-0.3, -0.25) is 5.43 Å². The molecule has 0 amide bonds. The summed E-state index contributed by atoms with van der Waals surface area (Å²) in [6.45, 7) is 0.